The SMILES string of the molecule is COC(=O)CCc1cncc(NC(=O)C2(c3ccccc3)CCC2)c1. The highest BCUT2D eigenvalue weighted by Crippen LogP contribution is 2.44. The third-order valence-corrected chi connectivity index (χ3v) is 4.87. The third-order valence-electron chi connectivity index (χ3n) is 4.87. The van der Waals surface area contributed by atoms with Crippen molar-refractivity contribution in [1.29, 1.82) is 0 Å². The topological polar surface area (TPSA) is 68.3 Å². The summed E-state index contributed by atoms with van der Waals surface area (Å²) in [4.78, 5) is 28.4. The summed E-state index contributed by atoms with van der Waals surface area (Å²) in [5, 5.41) is 3.01. The third kappa shape index (κ3) is 3.71. The molecular formula is C20H22N2O3. The van der Waals surface area contributed by atoms with Crippen LogP contribution in [0.1, 0.15) is 36.8 Å². The number of rotatable bonds is 6. The summed E-state index contributed by atoms with van der Waals surface area (Å²) in [5.41, 5.74) is 2.18. The second-order valence-electron chi connectivity index (χ2n) is 6.41. The van der Waals surface area contributed by atoms with Gasteiger partial charge >= 0.3 is 5.97 Å². The lowest BCUT2D eigenvalue weighted by Crippen LogP contribution is -2.46. The van der Waals surface area contributed by atoms with E-state index in [9.17, 15) is 9.59 Å². The van der Waals surface area contributed by atoms with Gasteiger partial charge in [0.05, 0.1) is 24.4 Å². The zero-order valence-corrected chi connectivity index (χ0v) is 14.3. The van der Waals surface area contributed by atoms with Gasteiger partial charge in [0.25, 0.3) is 0 Å². The van der Waals surface area contributed by atoms with Crippen molar-refractivity contribution >= 4 is 17.6 Å². The predicted octanol–water partition coefficient (Wildman–Crippen LogP) is 3.25. The van der Waals surface area contributed by atoms with Gasteiger partial charge in [0.2, 0.25) is 5.91 Å². The van der Waals surface area contributed by atoms with Gasteiger partial charge in [-0.15, -0.1) is 0 Å². The van der Waals surface area contributed by atoms with Gasteiger partial charge in [-0.25, -0.2) is 0 Å². The van der Waals surface area contributed by atoms with Gasteiger partial charge in [0.15, 0.2) is 0 Å². The van der Waals surface area contributed by atoms with Crippen molar-refractivity contribution in [2.24, 2.45) is 0 Å². The number of nitrogens with one attached hydrogen (secondary N) is 1. The summed E-state index contributed by atoms with van der Waals surface area (Å²) in [6.45, 7) is 0. The van der Waals surface area contributed by atoms with E-state index in [0.717, 1.165) is 30.4 Å². The monoisotopic (exact) mass is 338 g/mol. The minimum absolute atomic E-state index is 0.0110. The number of methoxy groups -OCH3 is 1. The molecule has 0 bridgehead atoms. The molecule has 25 heavy (non-hydrogen) atoms. The van der Waals surface area contributed by atoms with Crippen LogP contribution >= 0.6 is 0 Å². The number of amides is 1. The normalized spacial score (nSPS) is 15.1. The van der Waals surface area contributed by atoms with Crippen molar-refractivity contribution in [3.05, 3.63) is 59.9 Å². The Hall–Kier alpha value is -2.69. The summed E-state index contributed by atoms with van der Waals surface area (Å²) < 4.78 is 4.65. The van der Waals surface area contributed by atoms with Crippen LogP contribution in [-0.2, 0) is 26.2 Å². The molecule has 1 aromatic heterocycles. The fraction of sp³-hybridized carbons (Fsp3) is 0.350. The number of ether oxygens (including phenoxy) is 1. The maximum Gasteiger partial charge on any atom is 0.305 e. The Balaban J connectivity index is 1.71. The molecule has 1 aromatic carbocycles. The Labute approximate surface area is 147 Å². The second-order valence-corrected chi connectivity index (χ2v) is 6.41. The van der Waals surface area contributed by atoms with E-state index in [1.165, 1.54) is 7.11 Å². The number of esters is 1. The first kappa shape index (κ1) is 17.1. The van der Waals surface area contributed by atoms with Crippen LogP contribution in [0.4, 0.5) is 5.69 Å². The fourth-order valence-electron chi connectivity index (χ4n) is 3.23. The minimum atomic E-state index is -0.441. The number of aryl methyl sites for hydroxylation is 1. The van der Waals surface area contributed by atoms with Crippen LogP contribution in [0.5, 0.6) is 0 Å². The molecule has 1 saturated carbocycles. The largest absolute Gasteiger partial charge is 0.469 e. The quantitative estimate of drug-likeness (QED) is 0.821. The fourth-order valence-corrected chi connectivity index (χ4v) is 3.23. The van der Waals surface area contributed by atoms with E-state index < -0.39 is 5.41 Å². The number of carbonyl (C=O) groups excluding carboxylic acids is 2. The zero-order valence-electron chi connectivity index (χ0n) is 14.3. The van der Waals surface area contributed by atoms with E-state index in [-0.39, 0.29) is 11.9 Å². The van der Waals surface area contributed by atoms with Gasteiger partial charge < -0.3 is 10.1 Å². The molecule has 0 spiro atoms. The van der Waals surface area contributed by atoms with Crippen LogP contribution < -0.4 is 5.32 Å². The molecular weight excluding hydrogens is 316 g/mol. The number of anilines is 1. The number of benzene rings is 1. The molecule has 0 aliphatic heterocycles. The molecule has 0 unspecified atom stereocenters. The number of carbonyl (C=O) groups is 2. The number of aromatic nitrogens is 1. The number of hydrogen-bond donors (Lipinski definition) is 1. The maximum atomic E-state index is 12.9. The number of pyridine rings is 1. The molecule has 2 aromatic rings. The summed E-state index contributed by atoms with van der Waals surface area (Å²) in [6, 6.07) is 11.8. The van der Waals surface area contributed by atoms with Crippen LogP contribution in [-0.4, -0.2) is 24.0 Å². The van der Waals surface area contributed by atoms with Crippen LogP contribution in [0.2, 0.25) is 0 Å². The van der Waals surface area contributed by atoms with Crippen molar-refractivity contribution < 1.29 is 14.3 Å². The van der Waals surface area contributed by atoms with Crippen LogP contribution in [0.3, 0.4) is 0 Å². The lowest BCUT2D eigenvalue weighted by molar-refractivity contribution is -0.140. The predicted molar refractivity (Wildman–Crippen MR) is 95.2 cm³/mol. The minimum Gasteiger partial charge on any atom is -0.469 e. The Kier molecular flexibility index (Phi) is 5.12. The number of hydrogen-bond acceptors (Lipinski definition) is 4. The molecule has 130 valence electrons. The molecule has 5 heteroatoms. The highest BCUT2D eigenvalue weighted by Gasteiger charge is 2.45. The molecule has 1 amide bonds. The van der Waals surface area contributed by atoms with Gasteiger partial charge in [-0.3, -0.25) is 14.6 Å². The van der Waals surface area contributed by atoms with E-state index in [0.29, 0.717) is 18.5 Å². The Bertz CT molecular complexity index is 755. The highest BCUT2D eigenvalue weighted by atomic mass is 16.5. The van der Waals surface area contributed by atoms with Gasteiger partial charge in [0, 0.05) is 12.6 Å². The Morgan fingerprint density at radius 3 is 2.60 bits per heavy atom. The van der Waals surface area contributed by atoms with E-state index in [2.05, 4.69) is 15.0 Å². The summed E-state index contributed by atoms with van der Waals surface area (Å²) in [7, 11) is 1.37. The van der Waals surface area contributed by atoms with E-state index >= 15 is 0 Å². The molecule has 0 saturated heterocycles. The molecule has 0 radical (unpaired) electrons. The van der Waals surface area contributed by atoms with E-state index in [4.69, 9.17) is 0 Å². The van der Waals surface area contributed by atoms with E-state index in [1.807, 2.05) is 36.4 Å². The van der Waals surface area contributed by atoms with E-state index in [1.54, 1.807) is 12.4 Å². The smallest absolute Gasteiger partial charge is 0.305 e. The van der Waals surface area contributed by atoms with Gasteiger partial charge in [0.1, 0.15) is 0 Å². The molecule has 1 N–H and O–H groups in total. The van der Waals surface area contributed by atoms with Crippen molar-refractivity contribution in [1.82, 2.24) is 4.98 Å². The standard InChI is InChI=1S/C20H22N2O3/c1-25-18(23)9-8-15-12-17(14-21-13-15)22-19(24)20(10-5-11-20)16-6-3-2-4-7-16/h2-4,6-7,12-14H,5,8-11H2,1H3,(H,22,24). The zero-order chi connectivity index (χ0) is 17.7. The van der Waals surface area contributed by atoms with Crippen molar-refractivity contribution in [2.75, 3.05) is 12.4 Å². The van der Waals surface area contributed by atoms with Crippen molar-refractivity contribution in [3.63, 3.8) is 0 Å². The maximum absolute atomic E-state index is 12.9. The first-order valence-corrected chi connectivity index (χ1v) is 8.52. The Morgan fingerprint density at radius 2 is 1.96 bits per heavy atom. The van der Waals surface area contributed by atoms with Gasteiger partial charge in [-0.1, -0.05) is 36.8 Å². The summed E-state index contributed by atoms with van der Waals surface area (Å²) >= 11 is 0. The van der Waals surface area contributed by atoms with Crippen molar-refractivity contribution in [3.8, 4) is 0 Å². The summed E-state index contributed by atoms with van der Waals surface area (Å²) in [5.74, 6) is -0.246. The lowest BCUT2D eigenvalue weighted by atomic mass is 9.64. The molecule has 0 atom stereocenters. The summed E-state index contributed by atoms with van der Waals surface area (Å²) in [6.07, 6.45) is 6.94. The average molecular weight is 338 g/mol. The van der Waals surface area contributed by atoms with Crippen LogP contribution in [0.15, 0.2) is 48.8 Å². The molecule has 3 rings (SSSR count). The number of nitrogens with zero attached hydrogens (tertiary/aromatic N) is 1. The van der Waals surface area contributed by atoms with Gasteiger partial charge in [-0.05, 0) is 36.5 Å². The highest BCUT2D eigenvalue weighted by molar-refractivity contribution is 5.99. The molecule has 1 aliphatic rings. The van der Waals surface area contributed by atoms with Crippen LogP contribution in [0, 0.1) is 0 Å². The first-order chi connectivity index (χ1) is 12.1. The first-order valence-electron chi connectivity index (χ1n) is 8.52. The Morgan fingerprint density at radius 1 is 1.20 bits per heavy atom. The van der Waals surface area contributed by atoms with Crippen molar-refractivity contribution in [2.45, 2.75) is 37.5 Å². The second kappa shape index (κ2) is 7.47. The lowest BCUT2D eigenvalue weighted by Gasteiger charge is -2.40. The molecule has 1 fully saturated rings. The van der Waals surface area contributed by atoms with Crippen LogP contribution in [0.25, 0.3) is 0 Å². The molecule has 1 heterocycles. The molecule has 5 nitrogen and oxygen atoms in total. The van der Waals surface area contributed by atoms with Gasteiger partial charge in [-0.2, -0.15) is 0 Å². The molecule has 1 aliphatic carbocycles. The average Bonchev–Trinajstić information content (AvgIpc) is 2.60.